The van der Waals surface area contributed by atoms with Gasteiger partial charge in [-0.3, -0.25) is 14.4 Å². The molecule has 1 fully saturated rings. The van der Waals surface area contributed by atoms with Crippen molar-refractivity contribution in [2.45, 2.75) is 33.9 Å². The standard InChI is InChI=1S/C22H32N6O3S2/c1-7-28-15(3)16(12-23-28)13-26-8-10-27(11-9-26)22(32)24-19-17(21(30)31-6)14(2)18(33-19)20(29)25(4)5/h12H,7-11,13H2,1-6H3,(H,24,32). The molecule has 1 N–H and O–H groups in total. The topological polar surface area (TPSA) is 82.9 Å². The summed E-state index contributed by atoms with van der Waals surface area (Å²) in [5.41, 5.74) is 3.42. The Kier molecular flexibility index (Phi) is 8.09. The zero-order valence-corrected chi connectivity index (χ0v) is 21.7. The van der Waals surface area contributed by atoms with Crippen LogP contribution in [0.25, 0.3) is 0 Å². The summed E-state index contributed by atoms with van der Waals surface area (Å²) in [7, 11) is 4.71. The molecule has 11 heteroatoms. The van der Waals surface area contributed by atoms with Crippen LogP contribution >= 0.6 is 23.6 Å². The summed E-state index contributed by atoms with van der Waals surface area (Å²) >= 11 is 6.89. The molecule has 0 unspecified atom stereocenters. The summed E-state index contributed by atoms with van der Waals surface area (Å²) in [6, 6.07) is 0. The lowest BCUT2D eigenvalue weighted by Gasteiger charge is -2.36. The van der Waals surface area contributed by atoms with Crippen molar-refractivity contribution >= 4 is 45.5 Å². The highest BCUT2D eigenvalue weighted by Crippen LogP contribution is 2.34. The number of piperazine rings is 1. The Balaban J connectivity index is 1.67. The number of aromatic nitrogens is 2. The molecule has 33 heavy (non-hydrogen) atoms. The molecule has 9 nitrogen and oxygen atoms in total. The summed E-state index contributed by atoms with van der Waals surface area (Å²) in [6.07, 6.45) is 1.96. The predicted octanol–water partition coefficient (Wildman–Crippen LogP) is 2.58. The average Bonchev–Trinajstić information content (AvgIpc) is 3.31. The van der Waals surface area contributed by atoms with Crippen molar-refractivity contribution in [3.8, 4) is 0 Å². The minimum Gasteiger partial charge on any atom is -0.465 e. The summed E-state index contributed by atoms with van der Waals surface area (Å²) in [6.45, 7) is 11.0. The van der Waals surface area contributed by atoms with Crippen molar-refractivity contribution in [1.82, 2.24) is 24.5 Å². The Hall–Kier alpha value is -2.50. The van der Waals surface area contributed by atoms with E-state index in [-0.39, 0.29) is 5.91 Å². The second kappa shape index (κ2) is 10.6. The number of hydrogen-bond donors (Lipinski definition) is 1. The predicted molar refractivity (Wildman–Crippen MR) is 134 cm³/mol. The molecule has 2 aromatic rings. The quantitative estimate of drug-likeness (QED) is 0.487. The molecule has 1 aliphatic heterocycles. The van der Waals surface area contributed by atoms with E-state index in [0.717, 1.165) is 39.3 Å². The number of thiocarbonyl (C=S) groups is 1. The van der Waals surface area contributed by atoms with Gasteiger partial charge in [0.05, 0.1) is 23.7 Å². The largest absolute Gasteiger partial charge is 0.465 e. The second-order valence-corrected chi connectivity index (χ2v) is 9.62. The molecule has 0 aliphatic carbocycles. The van der Waals surface area contributed by atoms with Gasteiger partial charge in [0.15, 0.2) is 5.11 Å². The minimum atomic E-state index is -0.486. The van der Waals surface area contributed by atoms with Crippen LogP contribution in [0.1, 0.15) is 43.8 Å². The van der Waals surface area contributed by atoms with Crippen LogP contribution in [0.3, 0.4) is 0 Å². The third kappa shape index (κ3) is 5.36. The first-order valence-electron chi connectivity index (χ1n) is 10.9. The number of amides is 1. The van der Waals surface area contributed by atoms with E-state index < -0.39 is 5.97 Å². The Labute approximate surface area is 204 Å². The first kappa shape index (κ1) is 25.1. The van der Waals surface area contributed by atoms with E-state index in [1.165, 1.54) is 34.6 Å². The van der Waals surface area contributed by atoms with E-state index >= 15 is 0 Å². The van der Waals surface area contributed by atoms with Gasteiger partial charge in [0.25, 0.3) is 5.91 Å². The van der Waals surface area contributed by atoms with Gasteiger partial charge >= 0.3 is 5.97 Å². The molecule has 0 aromatic carbocycles. The van der Waals surface area contributed by atoms with Crippen LogP contribution in [0, 0.1) is 13.8 Å². The van der Waals surface area contributed by atoms with Gasteiger partial charge in [-0.25, -0.2) is 4.79 Å². The number of aryl methyl sites for hydroxylation is 1. The Morgan fingerprint density at radius 1 is 1.24 bits per heavy atom. The molecular formula is C22H32N6O3S2. The Morgan fingerprint density at radius 3 is 2.45 bits per heavy atom. The van der Waals surface area contributed by atoms with E-state index in [1.54, 1.807) is 21.0 Å². The third-order valence-corrected chi connectivity index (χ3v) is 7.47. The highest BCUT2D eigenvalue weighted by Gasteiger charge is 2.28. The molecule has 1 saturated heterocycles. The van der Waals surface area contributed by atoms with Gasteiger partial charge in [-0.2, -0.15) is 5.10 Å². The molecule has 0 spiro atoms. The van der Waals surface area contributed by atoms with Crippen molar-refractivity contribution in [3.05, 3.63) is 33.5 Å². The SMILES string of the molecule is CCn1ncc(CN2CCN(C(=S)Nc3sc(C(=O)N(C)C)c(C)c3C(=O)OC)CC2)c1C. The number of anilines is 1. The molecule has 3 heterocycles. The fourth-order valence-electron chi connectivity index (χ4n) is 3.84. The highest BCUT2D eigenvalue weighted by molar-refractivity contribution is 7.80. The van der Waals surface area contributed by atoms with E-state index in [4.69, 9.17) is 17.0 Å². The number of nitrogens with zero attached hydrogens (tertiary/aromatic N) is 5. The van der Waals surface area contributed by atoms with Gasteiger partial charge in [0, 0.05) is 64.6 Å². The van der Waals surface area contributed by atoms with E-state index in [0.29, 0.717) is 26.1 Å². The summed E-state index contributed by atoms with van der Waals surface area (Å²) in [4.78, 5) is 31.5. The van der Waals surface area contributed by atoms with E-state index in [2.05, 4.69) is 34.1 Å². The minimum absolute atomic E-state index is 0.156. The number of rotatable bonds is 6. The van der Waals surface area contributed by atoms with Crippen LogP contribution in [-0.4, -0.2) is 88.9 Å². The Bertz CT molecular complexity index is 1040. The number of nitrogens with one attached hydrogen (secondary N) is 1. The van der Waals surface area contributed by atoms with E-state index in [1.807, 2.05) is 10.9 Å². The number of carbonyl (C=O) groups excluding carboxylic acids is 2. The maximum Gasteiger partial charge on any atom is 0.341 e. The van der Waals surface area contributed by atoms with Crippen LogP contribution in [0.4, 0.5) is 5.00 Å². The average molecular weight is 493 g/mol. The maximum absolute atomic E-state index is 12.6. The van der Waals surface area contributed by atoms with Crippen molar-refractivity contribution < 1.29 is 14.3 Å². The molecule has 1 aliphatic rings. The number of methoxy groups -OCH3 is 1. The van der Waals surface area contributed by atoms with Crippen molar-refractivity contribution in [3.63, 3.8) is 0 Å². The molecule has 3 rings (SSSR count). The smallest absolute Gasteiger partial charge is 0.341 e. The number of thiophene rings is 1. The number of ether oxygens (including phenoxy) is 1. The molecule has 2 aromatic heterocycles. The molecule has 0 saturated carbocycles. The zero-order valence-electron chi connectivity index (χ0n) is 20.1. The number of hydrogen-bond acceptors (Lipinski definition) is 7. The van der Waals surface area contributed by atoms with Gasteiger partial charge in [-0.15, -0.1) is 11.3 Å². The fraction of sp³-hybridized carbons (Fsp3) is 0.545. The molecule has 0 bridgehead atoms. The lowest BCUT2D eigenvalue weighted by Crippen LogP contribution is -2.49. The van der Waals surface area contributed by atoms with Crippen LogP contribution in [0.2, 0.25) is 0 Å². The molecule has 0 atom stereocenters. The maximum atomic E-state index is 12.6. The van der Waals surface area contributed by atoms with Gasteiger partial charge in [0.1, 0.15) is 5.00 Å². The first-order chi connectivity index (χ1) is 15.7. The summed E-state index contributed by atoms with van der Waals surface area (Å²) in [5, 5.41) is 8.73. The fourth-order valence-corrected chi connectivity index (χ4v) is 5.41. The van der Waals surface area contributed by atoms with Gasteiger partial charge < -0.3 is 19.9 Å². The Morgan fingerprint density at radius 2 is 1.91 bits per heavy atom. The van der Waals surface area contributed by atoms with Gasteiger partial charge in [-0.1, -0.05) is 0 Å². The number of esters is 1. The normalized spacial score (nSPS) is 14.3. The molecule has 1 amide bonds. The van der Waals surface area contributed by atoms with Crippen molar-refractivity contribution in [1.29, 1.82) is 0 Å². The monoisotopic (exact) mass is 492 g/mol. The molecule has 0 radical (unpaired) electrons. The van der Waals surface area contributed by atoms with Crippen LogP contribution in [-0.2, 0) is 17.8 Å². The molecular weight excluding hydrogens is 460 g/mol. The van der Waals surface area contributed by atoms with Gasteiger partial charge in [0.2, 0.25) is 0 Å². The van der Waals surface area contributed by atoms with E-state index in [9.17, 15) is 9.59 Å². The second-order valence-electron chi connectivity index (χ2n) is 8.22. The lowest BCUT2D eigenvalue weighted by atomic mass is 10.1. The molecule has 180 valence electrons. The van der Waals surface area contributed by atoms with Crippen molar-refractivity contribution in [2.24, 2.45) is 0 Å². The highest BCUT2D eigenvalue weighted by atomic mass is 32.1. The third-order valence-electron chi connectivity index (χ3n) is 5.92. The zero-order chi connectivity index (χ0) is 24.3. The first-order valence-corrected chi connectivity index (χ1v) is 12.1. The van der Waals surface area contributed by atoms with Crippen LogP contribution in [0.15, 0.2) is 6.20 Å². The van der Waals surface area contributed by atoms with Crippen LogP contribution in [0.5, 0.6) is 0 Å². The lowest BCUT2D eigenvalue weighted by molar-refractivity contribution is 0.0601. The van der Waals surface area contributed by atoms with Gasteiger partial charge in [-0.05, 0) is 38.6 Å². The van der Waals surface area contributed by atoms with Crippen molar-refractivity contribution in [2.75, 3.05) is 52.7 Å². The van der Waals surface area contributed by atoms with Crippen LogP contribution < -0.4 is 5.32 Å². The summed E-state index contributed by atoms with van der Waals surface area (Å²) < 4.78 is 6.98. The summed E-state index contributed by atoms with van der Waals surface area (Å²) in [5.74, 6) is -0.642. The number of carbonyl (C=O) groups is 2.